The van der Waals surface area contributed by atoms with Crippen LogP contribution in [0.3, 0.4) is 0 Å². The van der Waals surface area contributed by atoms with Gasteiger partial charge in [0.25, 0.3) is 5.91 Å². The number of nitrogens with two attached hydrogens (primary N) is 1. The number of hydrogen-bond donors (Lipinski definition) is 5. The lowest BCUT2D eigenvalue weighted by Crippen LogP contribution is -2.65. The Hall–Kier alpha value is -2.70. The van der Waals surface area contributed by atoms with E-state index in [1.54, 1.807) is 0 Å². The van der Waals surface area contributed by atoms with Crippen molar-refractivity contribution in [3.8, 4) is 5.75 Å². The van der Waals surface area contributed by atoms with E-state index in [2.05, 4.69) is 11.8 Å². The van der Waals surface area contributed by atoms with E-state index in [-0.39, 0.29) is 72.5 Å². The van der Waals surface area contributed by atoms with Gasteiger partial charge in [0.2, 0.25) is 5.78 Å². The lowest BCUT2D eigenvalue weighted by Gasteiger charge is -2.50. The lowest BCUT2D eigenvalue weighted by atomic mass is 9.57. The SMILES string of the molecule is C[C@H]1CCCCN1Cc1cc(O)c2c(c1F)C[C@H]1C[C@H]3[C@H](N(C)C)C(=O)C(C(N)=O)=C(O)[C@@]3(O)C(=O)C1=C2O.Cl.Cl. The predicted octanol–water partition coefficient (Wildman–Crippen LogP) is 2.32. The van der Waals surface area contributed by atoms with Crippen LogP contribution in [-0.4, -0.2) is 86.0 Å². The average Bonchev–Trinajstić information content (AvgIpc) is 2.85. The number of aromatic hydroxyl groups is 1. The summed E-state index contributed by atoms with van der Waals surface area (Å²) in [4.78, 5) is 42.6. The van der Waals surface area contributed by atoms with Crippen LogP contribution in [0.2, 0.25) is 0 Å². The second-order valence-corrected chi connectivity index (χ2v) is 11.5. The van der Waals surface area contributed by atoms with Crippen LogP contribution in [0.1, 0.15) is 49.3 Å². The van der Waals surface area contributed by atoms with Gasteiger partial charge in [0.15, 0.2) is 11.4 Å². The van der Waals surface area contributed by atoms with E-state index >= 15 is 4.39 Å². The molecule has 1 saturated carbocycles. The Labute approximate surface area is 249 Å². The molecule has 5 atom stereocenters. The number of halogens is 3. The average molecular weight is 617 g/mol. The molecule has 0 unspecified atom stereocenters. The van der Waals surface area contributed by atoms with Gasteiger partial charge in [-0.1, -0.05) is 6.42 Å². The number of phenols is 1. The molecular weight excluding hydrogens is 580 g/mol. The highest BCUT2D eigenvalue weighted by Crippen LogP contribution is 2.53. The number of rotatable bonds is 4. The Balaban J connectivity index is 0.00000231. The van der Waals surface area contributed by atoms with Crippen LogP contribution in [0.4, 0.5) is 4.39 Å². The van der Waals surface area contributed by atoms with Gasteiger partial charge in [-0.25, -0.2) is 4.39 Å². The second-order valence-electron chi connectivity index (χ2n) is 11.5. The summed E-state index contributed by atoms with van der Waals surface area (Å²) < 4.78 is 16.0. The summed E-state index contributed by atoms with van der Waals surface area (Å²) in [6.07, 6.45) is 2.93. The number of likely N-dealkylation sites (N-methyl/N-ethyl adjacent to an activating group) is 1. The van der Waals surface area contributed by atoms with Gasteiger partial charge >= 0.3 is 0 Å². The third-order valence-electron chi connectivity index (χ3n) is 9.04. The van der Waals surface area contributed by atoms with Crippen LogP contribution in [0, 0.1) is 17.7 Å². The maximum Gasteiger partial charge on any atom is 0.255 e. The van der Waals surface area contributed by atoms with E-state index in [9.17, 15) is 34.8 Å². The zero-order chi connectivity index (χ0) is 28.5. The quantitative estimate of drug-likeness (QED) is 0.320. The van der Waals surface area contributed by atoms with Crippen molar-refractivity contribution in [3.63, 3.8) is 0 Å². The number of benzene rings is 1. The Morgan fingerprint density at radius 2 is 1.85 bits per heavy atom. The van der Waals surface area contributed by atoms with Crippen molar-refractivity contribution in [3.05, 3.63) is 45.5 Å². The fourth-order valence-electron chi connectivity index (χ4n) is 7.07. The zero-order valence-electron chi connectivity index (χ0n) is 23.0. The summed E-state index contributed by atoms with van der Waals surface area (Å²) >= 11 is 0. The molecule has 1 amide bonds. The first-order chi connectivity index (χ1) is 18.3. The van der Waals surface area contributed by atoms with E-state index < -0.39 is 69.6 Å². The molecule has 13 heteroatoms. The smallest absolute Gasteiger partial charge is 0.255 e. The molecule has 0 bridgehead atoms. The number of amides is 1. The highest BCUT2D eigenvalue weighted by molar-refractivity contribution is 6.24. The Morgan fingerprint density at radius 3 is 2.44 bits per heavy atom. The van der Waals surface area contributed by atoms with Crippen molar-refractivity contribution in [1.29, 1.82) is 0 Å². The number of ketones is 2. The van der Waals surface area contributed by atoms with Gasteiger partial charge in [0.05, 0.1) is 11.6 Å². The van der Waals surface area contributed by atoms with Gasteiger partial charge in [0, 0.05) is 35.2 Å². The fraction of sp³-hybridized carbons (Fsp3) is 0.536. The number of Topliss-reactive ketones (excluding diaryl/α,β-unsaturated/α-hetero) is 2. The number of piperidine rings is 1. The van der Waals surface area contributed by atoms with Crippen LogP contribution in [0.15, 0.2) is 23.0 Å². The summed E-state index contributed by atoms with van der Waals surface area (Å²) in [5.41, 5.74) is 1.54. The number of aliphatic hydroxyl groups is 3. The summed E-state index contributed by atoms with van der Waals surface area (Å²) in [6.45, 7) is 3.16. The molecule has 0 spiro atoms. The van der Waals surface area contributed by atoms with E-state index in [0.717, 1.165) is 25.8 Å². The number of nitrogens with zero attached hydrogens (tertiary/aromatic N) is 2. The van der Waals surface area contributed by atoms with Crippen molar-refractivity contribution < 1.29 is 39.2 Å². The number of primary amides is 1. The van der Waals surface area contributed by atoms with Gasteiger partial charge in [0.1, 0.15) is 28.7 Å². The van der Waals surface area contributed by atoms with E-state index in [0.29, 0.717) is 0 Å². The molecule has 1 aromatic rings. The molecule has 41 heavy (non-hydrogen) atoms. The maximum absolute atomic E-state index is 16.0. The standard InChI is InChI=1S/C28H34FN3O7.2ClH/c1-12-6-4-5-7-32(12)11-14-10-17(33)19-15(21(14)29)8-13-9-16-22(31(2)3)24(35)20(27(30)38)26(37)28(16,39)25(36)18(13)23(19)34;;/h10,12-13,16,22,33-34,37,39H,4-9,11H2,1-3H3,(H2,30,38);2*1H/t12-,13-,16-,22-,28-;;/m0../s1. The highest BCUT2D eigenvalue weighted by atomic mass is 35.5. The molecule has 5 rings (SSSR count). The predicted molar refractivity (Wildman–Crippen MR) is 152 cm³/mol. The van der Waals surface area contributed by atoms with Gasteiger partial charge in [-0.05, 0) is 65.2 Å². The summed E-state index contributed by atoms with van der Waals surface area (Å²) in [5.74, 6) is -8.09. The topological polar surface area (TPSA) is 165 Å². The number of likely N-dealkylation sites (tertiary alicyclic amines) is 1. The molecule has 3 aliphatic carbocycles. The van der Waals surface area contributed by atoms with Crippen molar-refractivity contribution >= 4 is 48.0 Å². The largest absolute Gasteiger partial charge is 0.508 e. The van der Waals surface area contributed by atoms with Gasteiger partial charge < -0.3 is 26.2 Å². The molecular formula is C28H36Cl2FN3O7. The Kier molecular flexibility index (Phi) is 9.22. The van der Waals surface area contributed by atoms with Crippen LogP contribution in [-0.2, 0) is 27.3 Å². The number of fused-ring (bicyclic) bond motifs is 3. The number of carbonyl (C=O) groups is 3. The normalized spacial score (nSPS) is 29.8. The van der Waals surface area contributed by atoms with E-state index in [1.807, 2.05) is 0 Å². The van der Waals surface area contributed by atoms with Gasteiger partial charge in [-0.15, -0.1) is 24.8 Å². The molecule has 226 valence electrons. The molecule has 1 saturated heterocycles. The van der Waals surface area contributed by atoms with Crippen molar-refractivity contribution in [2.75, 3.05) is 20.6 Å². The lowest BCUT2D eigenvalue weighted by molar-refractivity contribution is -0.153. The van der Waals surface area contributed by atoms with Crippen molar-refractivity contribution in [1.82, 2.24) is 9.80 Å². The van der Waals surface area contributed by atoms with Crippen LogP contribution in [0.25, 0.3) is 5.76 Å². The summed E-state index contributed by atoms with van der Waals surface area (Å²) in [6, 6.07) is 0.316. The fourth-order valence-corrected chi connectivity index (χ4v) is 7.07. The van der Waals surface area contributed by atoms with E-state index in [4.69, 9.17) is 5.73 Å². The monoisotopic (exact) mass is 615 g/mol. The number of aliphatic hydroxyl groups excluding tert-OH is 2. The number of phenolic OH excluding ortho intramolecular Hbond substituents is 1. The molecule has 2 fully saturated rings. The van der Waals surface area contributed by atoms with Crippen LogP contribution >= 0.6 is 24.8 Å². The highest BCUT2D eigenvalue weighted by Gasteiger charge is 2.64. The summed E-state index contributed by atoms with van der Waals surface area (Å²) in [7, 11) is 3.05. The number of hydrogen-bond acceptors (Lipinski definition) is 9. The molecule has 1 aromatic carbocycles. The Morgan fingerprint density at radius 1 is 1.20 bits per heavy atom. The minimum Gasteiger partial charge on any atom is -0.508 e. The molecule has 10 nitrogen and oxygen atoms in total. The molecule has 0 aromatic heterocycles. The molecule has 1 aliphatic heterocycles. The van der Waals surface area contributed by atoms with Gasteiger partial charge in [-0.3, -0.25) is 24.2 Å². The first-order valence-corrected chi connectivity index (χ1v) is 13.2. The van der Waals surface area contributed by atoms with Crippen molar-refractivity contribution in [2.24, 2.45) is 17.6 Å². The Bertz CT molecular complexity index is 1360. The third kappa shape index (κ3) is 4.81. The number of carbonyl (C=O) groups excluding carboxylic acids is 3. The van der Waals surface area contributed by atoms with Crippen molar-refractivity contribution in [2.45, 2.75) is 63.3 Å². The molecule has 4 aliphatic rings. The van der Waals surface area contributed by atoms with Crippen LogP contribution < -0.4 is 5.73 Å². The second kappa shape index (κ2) is 11.5. The maximum atomic E-state index is 16.0. The first kappa shape index (κ1) is 32.8. The van der Waals surface area contributed by atoms with E-state index in [1.165, 1.54) is 25.1 Å². The minimum absolute atomic E-state index is 0. The minimum atomic E-state index is -2.72. The van der Waals surface area contributed by atoms with Crippen LogP contribution in [0.5, 0.6) is 5.75 Å². The van der Waals surface area contributed by atoms with Gasteiger partial charge in [-0.2, -0.15) is 0 Å². The molecule has 1 heterocycles. The third-order valence-corrected chi connectivity index (χ3v) is 9.04. The molecule has 0 radical (unpaired) electrons. The molecule has 6 N–H and O–H groups in total. The first-order valence-electron chi connectivity index (χ1n) is 13.2. The zero-order valence-corrected chi connectivity index (χ0v) is 24.6. The summed E-state index contributed by atoms with van der Waals surface area (Å²) in [5, 5.41) is 44.6.